The number of aromatic nitrogens is 3. The number of pyridine rings is 1. The van der Waals surface area contributed by atoms with Crippen LogP contribution in [-0.2, 0) is 0 Å². The second-order valence-electron chi connectivity index (χ2n) is 3.69. The number of anilines is 1. The molecule has 0 aliphatic rings. The highest BCUT2D eigenvalue weighted by Gasteiger charge is 2.08. The van der Waals surface area contributed by atoms with Crippen molar-refractivity contribution in [3.05, 3.63) is 42.3 Å². The quantitative estimate of drug-likeness (QED) is 0.671. The van der Waals surface area contributed by atoms with E-state index in [1.807, 2.05) is 0 Å². The van der Waals surface area contributed by atoms with Crippen LogP contribution in [0.4, 0.5) is 10.2 Å². The first-order valence-electron chi connectivity index (χ1n) is 5.10. The number of nitrogen functional groups attached to an aromatic ring is 1. The molecule has 0 saturated heterocycles. The van der Waals surface area contributed by atoms with E-state index in [0.29, 0.717) is 22.7 Å². The first-order valence-corrected chi connectivity index (χ1v) is 5.10. The van der Waals surface area contributed by atoms with Gasteiger partial charge < -0.3 is 10.7 Å². The lowest BCUT2D eigenvalue weighted by molar-refractivity contribution is 0.637. The third kappa shape index (κ3) is 1.61. The third-order valence-corrected chi connectivity index (χ3v) is 2.52. The van der Waals surface area contributed by atoms with Crippen LogP contribution in [0.3, 0.4) is 0 Å². The van der Waals surface area contributed by atoms with Crippen LogP contribution in [0.1, 0.15) is 0 Å². The van der Waals surface area contributed by atoms with Crippen LogP contribution >= 0.6 is 0 Å². The maximum absolute atomic E-state index is 13.5. The molecule has 3 aromatic rings. The third-order valence-electron chi connectivity index (χ3n) is 2.52. The van der Waals surface area contributed by atoms with Crippen LogP contribution in [0, 0.1) is 5.82 Å². The van der Waals surface area contributed by atoms with Crippen molar-refractivity contribution < 1.29 is 4.39 Å². The Morgan fingerprint density at radius 1 is 1.24 bits per heavy atom. The van der Waals surface area contributed by atoms with Crippen LogP contribution in [0.2, 0.25) is 0 Å². The number of aromatic amines is 1. The molecule has 0 bridgehead atoms. The van der Waals surface area contributed by atoms with Crippen molar-refractivity contribution in [1.82, 2.24) is 15.0 Å². The first-order chi connectivity index (χ1) is 8.24. The van der Waals surface area contributed by atoms with E-state index in [-0.39, 0.29) is 5.82 Å². The summed E-state index contributed by atoms with van der Waals surface area (Å²) in [4.78, 5) is 11.2. The molecule has 2 aromatic heterocycles. The Morgan fingerprint density at radius 2 is 2.12 bits per heavy atom. The Balaban J connectivity index is 2.22. The zero-order chi connectivity index (χ0) is 11.8. The molecule has 0 amide bonds. The molecule has 0 aliphatic heterocycles. The van der Waals surface area contributed by atoms with Gasteiger partial charge in [-0.2, -0.15) is 0 Å². The topological polar surface area (TPSA) is 67.6 Å². The second kappa shape index (κ2) is 3.55. The van der Waals surface area contributed by atoms with E-state index >= 15 is 0 Å². The van der Waals surface area contributed by atoms with E-state index in [4.69, 9.17) is 5.73 Å². The summed E-state index contributed by atoms with van der Waals surface area (Å²) in [6.45, 7) is 0. The maximum Gasteiger partial charge on any atom is 0.151 e. The van der Waals surface area contributed by atoms with Crippen molar-refractivity contribution in [2.24, 2.45) is 0 Å². The molecule has 17 heavy (non-hydrogen) atoms. The highest BCUT2D eigenvalue weighted by Crippen LogP contribution is 2.22. The fourth-order valence-corrected chi connectivity index (χ4v) is 1.73. The molecule has 0 atom stereocenters. The van der Waals surface area contributed by atoms with Gasteiger partial charge in [0.15, 0.2) is 5.82 Å². The van der Waals surface area contributed by atoms with E-state index in [9.17, 15) is 4.39 Å². The standard InChI is InChI=1S/C12H9FN4/c13-8-2-1-3-9-11(8)17-12(16-9)7-4-5-15-10(14)6-7/h1-6H,(H2,14,15)(H,16,17). The summed E-state index contributed by atoms with van der Waals surface area (Å²) in [5, 5.41) is 0. The van der Waals surface area contributed by atoms with Crippen molar-refractivity contribution in [2.45, 2.75) is 0 Å². The highest BCUT2D eigenvalue weighted by molar-refractivity contribution is 5.80. The molecule has 0 spiro atoms. The molecule has 84 valence electrons. The minimum atomic E-state index is -0.341. The number of hydrogen-bond acceptors (Lipinski definition) is 3. The van der Waals surface area contributed by atoms with Crippen molar-refractivity contribution in [3.8, 4) is 11.4 Å². The predicted molar refractivity (Wildman–Crippen MR) is 63.7 cm³/mol. The molecule has 3 rings (SSSR count). The summed E-state index contributed by atoms with van der Waals surface area (Å²) in [6, 6.07) is 8.26. The maximum atomic E-state index is 13.5. The Labute approximate surface area is 96.3 Å². The number of hydrogen-bond donors (Lipinski definition) is 2. The van der Waals surface area contributed by atoms with Crippen molar-refractivity contribution >= 4 is 16.9 Å². The molecule has 0 saturated carbocycles. The zero-order valence-corrected chi connectivity index (χ0v) is 8.81. The number of rotatable bonds is 1. The Bertz CT molecular complexity index is 690. The highest BCUT2D eigenvalue weighted by atomic mass is 19.1. The van der Waals surface area contributed by atoms with Crippen molar-refractivity contribution in [1.29, 1.82) is 0 Å². The normalized spacial score (nSPS) is 10.9. The molecule has 3 N–H and O–H groups in total. The van der Waals surface area contributed by atoms with Crippen LogP contribution in [0.5, 0.6) is 0 Å². The number of fused-ring (bicyclic) bond motifs is 1. The molecule has 4 nitrogen and oxygen atoms in total. The van der Waals surface area contributed by atoms with Gasteiger partial charge in [-0.1, -0.05) is 6.07 Å². The largest absolute Gasteiger partial charge is 0.384 e. The zero-order valence-electron chi connectivity index (χ0n) is 8.81. The van der Waals surface area contributed by atoms with E-state index in [2.05, 4.69) is 15.0 Å². The van der Waals surface area contributed by atoms with Crippen LogP contribution in [0.15, 0.2) is 36.5 Å². The number of imidazole rings is 1. The molecular weight excluding hydrogens is 219 g/mol. The summed E-state index contributed by atoms with van der Waals surface area (Å²) in [7, 11) is 0. The second-order valence-corrected chi connectivity index (χ2v) is 3.69. The van der Waals surface area contributed by atoms with E-state index in [1.165, 1.54) is 6.07 Å². The summed E-state index contributed by atoms with van der Waals surface area (Å²) in [5.74, 6) is 0.648. The van der Waals surface area contributed by atoms with Gasteiger partial charge in [-0.25, -0.2) is 14.4 Å². The van der Waals surface area contributed by atoms with Crippen LogP contribution in [0.25, 0.3) is 22.4 Å². The lowest BCUT2D eigenvalue weighted by Crippen LogP contribution is -1.90. The van der Waals surface area contributed by atoms with Crippen LogP contribution in [-0.4, -0.2) is 15.0 Å². The number of nitrogens with two attached hydrogens (primary N) is 1. The summed E-state index contributed by atoms with van der Waals surface area (Å²) >= 11 is 0. The minimum absolute atomic E-state index is 0.331. The van der Waals surface area contributed by atoms with Gasteiger partial charge in [-0.05, 0) is 24.3 Å². The van der Waals surface area contributed by atoms with Gasteiger partial charge in [0.05, 0.1) is 5.52 Å². The summed E-state index contributed by atoms with van der Waals surface area (Å²) in [5.41, 5.74) is 7.37. The fraction of sp³-hybridized carbons (Fsp3) is 0. The number of benzene rings is 1. The molecule has 0 radical (unpaired) electrons. The predicted octanol–water partition coefficient (Wildman–Crippen LogP) is 2.35. The summed E-state index contributed by atoms with van der Waals surface area (Å²) < 4.78 is 13.5. The SMILES string of the molecule is Nc1cc(-c2nc3c(F)cccc3[nH]2)ccn1. The van der Waals surface area contributed by atoms with Gasteiger partial charge in [-0.15, -0.1) is 0 Å². The Morgan fingerprint density at radius 3 is 2.88 bits per heavy atom. The van der Waals surface area contributed by atoms with Crippen LogP contribution < -0.4 is 5.73 Å². The van der Waals surface area contributed by atoms with Gasteiger partial charge in [0, 0.05) is 11.8 Å². The number of nitrogens with one attached hydrogen (secondary N) is 1. The Kier molecular flexibility index (Phi) is 2.04. The van der Waals surface area contributed by atoms with E-state index < -0.39 is 0 Å². The minimum Gasteiger partial charge on any atom is -0.384 e. The summed E-state index contributed by atoms with van der Waals surface area (Å²) in [6.07, 6.45) is 1.59. The number of H-pyrrole nitrogens is 1. The van der Waals surface area contributed by atoms with Crippen molar-refractivity contribution in [3.63, 3.8) is 0 Å². The Hall–Kier alpha value is -2.43. The lowest BCUT2D eigenvalue weighted by atomic mass is 10.2. The average molecular weight is 228 g/mol. The molecule has 0 fully saturated rings. The fourth-order valence-electron chi connectivity index (χ4n) is 1.73. The monoisotopic (exact) mass is 228 g/mol. The van der Waals surface area contributed by atoms with Gasteiger partial charge >= 0.3 is 0 Å². The van der Waals surface area contributed by atoms with Gasteiger partial charge in [-0.3, -0.25) is 0 Å². The molecular formula is C12H9FN4. The lowest BCUT2D eigenvalue weighted by Gasteiger charge is -1.96. The number of halogens is 1. The van der Waals surface area contributed by atoms with Gasteiger partial charge in [0.1, 0.15) is 17.2 Å². The smallest absolute Gasteiger partial charge is 0.151 e. The van der Waals surface area contributed by atoms with Crippen molar-refractivity contribution in [2.75, 3.05) is 5.73 Å². The number of nitrogens with zero attached hydrogens (tertiary/aromatic N) is 2. The average Bonchev–Trinajstić information content (AvgIpc) is 2.74. The van der Waals surface area contributed by atoms with E-state index in [1.54, 1.807) is 30.5 Å². The van der Waals surface area contributed by atoms with Gasteiger partial charge in [0.25, 0.3) is 0 Å². The molecule has 1 aromatic carbocycles. The first kappa shape index (κ1) is 9.77. The van der Waals surface area contributed by atoms with Gasteiger partial charge in [0.2, 0.25) is 0 Å². The molecule has 0 unspecified atom stereocenters. The van der Waals surface area contributed by atoms with E-state index in [0.717, 1.165) is 5.56 Å². The molecule has 0 aliphatic carbocycles. The molecule has 2 heterocycles. The molecule has 5 heteroatoms. The number of para-hydroxylation sites is 1.